The van der Waals surface area contributed by atoms with E-state index in [1.54, 1.807) is 6.92 Å². The van der Waals surface area contributed by atoms with E-state index in [1.165, 1.54) is 0 Å². The second-order valence-corrected chi connectivity index (χ2v) is 6.04. The van der Waals surface area contributed by atoms with Crippen molar-refractivity contribution in [3.63, 3.8) is 0 Å². The van der Waals surface area contributed by atoms with Crippen LogP contribution >= 0.6 is 15.9 Å². The molecule has 0 N–H and O–H groups in total. The minimum atomic E-state index is -0.455. The minimum absolute atomic E-state index is 0.212. The SMILES string of the molecule is CCOC(=O)c1oc(-c2ccc(Br)cc2)nc1CC(C)C. The van der Waals surface area contributed by atoms with Crippen molar-refractivity contribution in [1.82, 2.24) is 4.98 Å². The number of oxazole rings is 1. The van der Waals surface area contributed by atoms with Crippen molar-refractivity contribution in [3.8, 4) is 11.5 Å². The lowest BCUT2D eigenvalue weighted by Gasteiger charge is -2.02. The van der Waals surface area contributed by atoms with E-state index in [1.807, 2.05) is 24.3 Å². The molecular formula is C16H18BrNO3. The van der Waals surface area contributed by atoms with E-state index in [9.17, 15) is 4.79 Å². The summed E-state index contributed by atoms with van der Waals surface area (Å²) in [5, 5.41) is 0. The van der Waals surface area contributed by atoms with Gasteiger partial charge >= 0.3 is 5.97 Å². The number of ether oxygens (including phenoxy) is 1. The number of esters is 1. The van der Waals surface area contributed by atoms with Crippen molar-refractivity contribution in [2.75, 3.05) is 6.61 Å². The molecule has 0 atom stereocenters. The number of carbonyl (C=O) groups excluding carboxylic acids is 1. The zero-order chi connectivity index (χ0) is 15.4. The summed E-state index contributed by atoms with van der Waals surface area (Å²) in [5.74, 6) is 0.578. The zero-order valence-electron chi connectivity index (χ0n) is 12.4. The van der Waals surface area contributed by atoms with Crippen LogP contribution in [-0.4, -0.2) is 17.6 Å². The van der Waals surface area contributed by atoms with Crippen molar-refractivity contribution in [2.24, 2.45) is 5.92 Å². The first kappa shape index (κ1) is 15.8. The summed E-state index contributed by atoms with van der Waals surface area (Å²) >= 11 is 3.39. The number of benzene rings is 1. The number of halogens is 1. The first-order valence-electron chi connectivity index (χ1n) is 6.94. The summed E-state index contributed by atoms with van der Waals surface area (Å²) in [6, 6.07) is 7.60. The molecule has 2 aromatic rings. The standard InChI is InChI=1S/C16H18BrNO3/c1-4-20-16(19)14-13(9-10(2)3)18-15(21-14)11-5-7-12(17)8-6-11/h5-8,10H,4,9H2,1-3H3. The highest BCUT2D eigenvalue weighted by atomic mass is 79.9. The van der Waals surface area contributed by atoms with E-state index in [-0.39, 0.29) is 5.76 Å². The van der Waals surface area contributed by atoms with Crippen molar-refractivity contribution in [1.29, 1.82) is 0 Å². The Balaban J connectivity index is 2.39. The monoisotopic (exact) mass is 351 g/mol. The molecule has 0 spiro atoms. The van der Waals surface area contributed by atoms with Gasteiger partial charge in [0, 0.05) is 10.0 Å². The Morgan fingerprint density at radius 1 is 1.33 bits per heavy atom. The predicted octanol–water partition coefficient (Wildman–Crippen LogP) is 4.48. The van der Waals surface area contributed by atoms with E-state index in [2.05, 4.69) is 34.8 Å². The Kier molecular flexibility index (Phi) is 5.17. The fourth-order valence-corrected chi connectivity index (χ4v) is 2.21. The summed E-state index contributed by atoms with van der Waals surface area (Å²) in [6.45, 7) is 6.23. The van der Waals surface area contributed by atoms with E-state index in [4.69, 9.17) is 9.15 Å². The third-order valence-electron chi connectivity index (χ3n) is 2.85. The van der Waals surface area contributed by atoms with Gasteiger partial charge in [-0.1, -0.05) is 29.8 Å². The maximum Gasteiger partial charge on any atom is 0.376 e. The molecule has 1 heterocycles. The molecule has 0 saturated heterocycles. The lowest BCUT2D eigenvalue weighted by atomic mass is 10.1. The Bertz CT molecular complexity index is 617. The van der Waals surface area contributed by atoms with Crippen LogP contribution in [0.4, 0.5) is 0 Å². The van der Waals surface area contributed by atoms with Gasteiger partial charge in [-0.15, -0.1) is 0 Å². The number of nitrogens with zero attached hydrogens (tertiary/aromatic N) is 1. The smallest absolute Gasteiger partial charge is 0.376 e. The maximum absolute atomic E-state index is 12.0. The minimum Gasteiger partial charge on any atom is -0.460 e. The highest BCUT2D eigenvalue weighted by Crippen LogP contribution is 2.25. The molecule has 0 amide bonds. The fourth-order valence-electron chi connectivity index (χ4n) is 1.95. The predicted molar refractivity (Wildman–Crippen MR) is 84.1 cm³/mol. The molecule has 1 aromatic heterocycles. The molecule has 0 bridgehead atoms. The van der Waals surface area contributed by atoms with Crippen molar-refractivity contribution >= 4 is 21.9 Å². The molecule has 0 saturated carbocycles. The van der Waals surface area contributed by atoms with E-state index >= 15 is 0 Å². The van der Waals surface area contributed by atoms with Crippen LogP contribution in [-0.2, 0) is 11.2 Å². The number of aromatic nitrogens is 1. The van der Waals surface area contributed by atoms with Crippen LogP contribution in [0.25, 0.3) is 11.5 Å². The van der Waals surface area contributed by atoms with Gasteiger partial charge in [-0.2, -0.15) is 0 Å². The van der Waals surface area contributed by atoms with Crippen LogP contribution < -0.4 is 0 Å². The molecule has 0 aliphatic rings. The molecule has 5 heteroatoms. The normalized spacial score (nSPS) is 10.9. The topological polar surface area (TPSA) is 52.3 Å². The fraction of sp³-hybridized carbons (Fsp3) is 0.375. The summed E-state index contributed by atoms with van der Waals surface area (Å²) in [4.78, 5) is 16.5. The summed E-state index contributed by atoms with van der Waals surface area (Å²) in [5.41, 5.74) is 1.49. The molecule has 4 nitrogen and oxygen atoms in total. The Hall–Kier alpha value is -1.62. The molecular weight excluding hydrogens is 334 g/mol. The third kappa shape index (κ3) is 3.94. The largest absolute Gasteiger partial charge is 0.460 e. The zero-order valence-corrected chi connectivity index (χ0v) is 13.9. The van der Waals surface area contributed by atoms with Gasteiger partial charge in [0.25, 0.3) is 0 Å². The summed E-state index contributed by atoms with van der Waals surface area (Å²) < 4.78 is 11.7. The van der Waals surface area contributed by atoms with Crippen LogP contribution in [0.15, 0.2) is 33.2 Å². The number of hydrogen-bond donors (Lipinski definition) is 0. The molecule has 0 radical (unpaired) electrons. The Labute approximate surface area is 132 Å². The van der Waals surface area contributed by atoms with Crippen molar-refractivity contribution in [2.45, 2.75) is 27.2 Å². The Morgan fingerprint density at radius 3 is 2.57 bits per heavy atom. The quantitative estimate of drug-likeness (QED) is 0.745. The van der Waals surface area contributed by atoms with Gasteiger partial charge in [0.15, 0.2) is 0 Å². The van der Waals surface area contributed by atoms with Crippen LogP contribution in [0.5, 0.6) is 0 Å². The van der Waals surface area contributed by atoms with Gasteiger partial charge in [0.1, 0.15) is 0 Å². The van der Waals surface area contributed by atoms with Gasteiger partial charge in [0.05, 0.1) is 12.3 Å². The Morgan fingerprint density at radius 2 is 2.00 bits per heavy atom. The van der Waals surface area contributed by atoms with E-state index < -0.39 is 5.97 Å². The van der Waals surface area contributed by atoms with Crippen LogP contribution in [0.3, 0.4) is 0 Å². The lowest BCUT2D eigenvalue weighted by molar-refractivity contribution is 0.0489. The van der Waals surface area contributed by atoms with Crippen LogP contribution in [0.1, 0.15) is 37.0 Å². The number of hydrogen-bond acceptors (Lipinski definition) is 4. The van der Waals surface area contributed by atoms with Gasteiger partial charge in [0.2, 0.25) is 11.7 Å². The van der Waals surface area contributed by atoms with Crippen molar-refractivity contribution in [3.05, 3.63) is 40.2 Å². The van der Waals surface area contributed by atoms with Crippen molar-refractivity contribution < 1.29 is 13.9 Å². The average Bonchev–Trinajstić information content (AvgIpc) is 2.83. The van der Waals surface area contributed by atoms with Crippen LogP contribution in [0.2, 0.25) is 0 Å². The highest BCUT2D eigenvalue weighted by molar-refractivity contribution is 9.10. The first-order chi connectivity index (χ1) is 10.0. The van der Waals surface area contributed by atoms with Gasteiger partial charge in [-0.3, -0.25) is 0 Å². The second kappa shape index (κ2) is 6.89. The van der Waals surface area contributed by atoms with Gasteiger partial charge in [-0.25, -0.2) is 9.78 Å². The number of carbonyl (C=O) groups is 1. The number of rotatable bonds is 5. The second-order valence-electron chi connectivity index (χ2n) is 5.12. The molecule has 112 valence electrons. The third-order valence-corrected chi connectivity index (χ3v) is 3.38. The molecule has 21 heavy (non-hydrogen) atoms. The first-order valence-corrected chi connectivity index (χ1v) is 7.73. The highest BCUT2D eigenvalue weighted by Gasteiger charge is 2.22. The van der Waals surface area contributed by atoms with Gasteiger partial charge in [-0.05, 0) is 43.5 Å². The average molecular weight is 352 g/mol. The molecule has 0 aliphatic carbocycles. The molecule has 0 aliphatic heterocycles. The molecule has 0 unspecified atom stereocenters. The van der Waals surface area contributed by atoms with Gasteiger partial charge < -0.3 is 9.15 Å². The summed E-state index contributed by atoms with van der Waals surface area (Å²) in [7, 11) is 0. The maximum atomic E-state index is 12.0. The summed E-state index contributed by atoms with van der Waals surface area (Å²) in [6.07, 6.45) is 0.675. The molecule has 2 rings (SSSR count). The molecule has 0 fully saturated rings. The lowest BCUT2D eigenvalue weighted by Crippen LogP contribution is -2.08. The van der Waals surface area contributed by atoms with Crippen LogP contribution in [0, 0.1) is 5.92 Å². The van der Waals surface area contributed by atoms with E-state index in [0.29, 0.717) is 30.5 Å². The van der Waals surface area contributed by atoms with E-state index in [0.717, 1.165) is 10.0 Å². The molecule has 1 aromatic carbocycles.